The molecule has 1 amide bonds. The van der Waals surface area contributed by atoms with Gasteiger partial charge in [-0.15, -0.1) is 0 Å². The van der Waals surface area contributed by atoms with Gasteiger partial charge in [0.25, 0.3) is 11.5 Å². The fourth-order valence-corrected chi connectivity index (χ4v) is 4.61. The number of pyridine rings is 1. The third-order valence-electron chi connectivity index (χ3n) is 6.22. The molecule has 0 bridgehead atoms. The van der Waals surface area contributed by atoms with Crippen LogP contribution in [0.1, 0.15) is 28.5 Å². The molecule has 0 radical (unpaired) electrons. The van der Waals surface area contributed by atoms with Gasteiger partial charge in [0.2, 0.25) is 0 Å². The van der Waals surface area contributed by atoms with E-state index in [0.29, 0.717) is 17.1 Å². The molecule has 5 rings (SSSR count). The smallest absolute Gasteiger partial charge is 0.275 e. The highest BCUT2D eigenvalue weighted by molar-refractivity contribution is 5.92. The molecule has 33 heavy (non-hydrogen) atoms. The quantitative estimate of drug-likeness (QED) is 0.505. The van der Waals surface area contributed by atoms with Crippen molar-refractivity contribution in [3.05, 3.63) is 87.9 Å². The normalized spacial score (nSPS) is 16.8. The van der Waals surface area contributed by atoms with E-state index in [1.54, 1.807) is 29.9 Å². The van der Waals surface area contributed by atoms with E-state index in [-0.39, 0.29) is 11.4 Å². The lowest BCUT2D eigenvalue weighted by Gasteiger charge is -2.31. The number of halogens is 1. The van der Waals surface area contributed by atoms with Crippen molar-refractivity contribution in [1.29, 1.82) is 0 Å². The summed E-state index contributed by atoms with van der Waals surface area (Å²) in [7, 11) is 1.59. The zero-order chi connectivity index (χ0) is 23.1. The van der Waals surface area contributed by atoms with Crippen LogP contribution in [-0.2, 0) is 6.54 Å². The Labute approximate surface area is 189 Å². The molecule has 0 saturated carbocycles. The van der Waals surface area contributed by atoms with Gasteiger partial charge >= 0.3 is 0 Å². The number of nitrogens with one attached hydrogen (secondary N) is 2. The molecule has 1 atom stereocenters. The van der Waals surface area contributed by atoms with E-state index in [1.165, 1.54) is 11.6 Å². The number of hydrogen-bond donors (Lipinski definition) is 2. The Morgan fingerprint density at radius 1 is 1.27 bits per heavy atom. The highest BCUT2D eigenvalue weighted by Crippen LogP contribution is 2.28. The lowest BCUT2D eigenvalue weighted by Crippen LogP contribution is -2.32. The third kappa shape index (κ3) is 3.82. The van der Waals surface area contributed by atoms with E-state index in [1.807, 2.05) is 24.3 Å². The molecule has 1 aromatic carbocycles. The van der Waals surface area contributed by atoms with Gasteiger partial charge in [-0.1, -0.05) is 25.1 Å². The summed E-state index contributed by atoms with van der Waals surface area (Å²) < 4.78 is 15.5. The summed E-state index contributed by atoms with van der Waals surface area (Å²) in [6, 6.07) is 10.9. The van der Waals surface area contributed by atoms with Crippen LogP contribution in [0.3, 0.4) is 0 Å². The maximum absolute atomic E-state index is 13.9. The molecule has 1 aliphatic heterocycles. The van der Waals surface area contributed by atoms with E-state index in [2.05, 4.69) is 33.2 Å². The summed E-state index contributed by atoms with van der Waals surface area (Å²) in [5, 5.41) is 2.58. The highest BCUT2D eigenvalue weighted by atomic mass is 19.1. The van der Waals surface area contributed by atoms with Gasteiger partial charge in [-0.2, -0.15) is 0 Å². The molecule has 7 nitrogen and oxygen atoms in total. The summed E-state index contributed by atoms with van der Waals surface area (Å²) in [6.07, 6.45) is 5.55. The fraction of sp³-hybridized carbons (Fsp3) is 0.240. The number of nitrogens with zero attached hydrogens (tertiary/aromatic N) is 3. The Morgan fingerprint density at radius 3 is 2.85 bits per heavy atom. The highest BCUT2D eigenvalue weighted by Gasteiger charge is 2.21. The number of H-pyrrole nitrogens is 1. The topological polar surface area (TPSA) is 82.5 Å². The second-order valence-corrected chi connectivity index (χ2v) is 8.45. The molecule has 0 unspecified atom stereocenters. The second kappa shape index (κ2) is 8.29. The molecule has 3 aromatic heterocycles. The van der Waals surface area contributed by atoms with Gasteiger partial charge < -0.3 is 14.7 Å². The Morgan fingerprint density at radius 2 is 2.12 bits per heavy atom. The maximum atomic E-state index is 13.9. The van der Waals surface area contributed by atoms with Crippen LogP contribution in [0.4, 0.5) is 4.39 Å². The van der Waals surface area contributed by atoms with Gasteiger partial charge in [-0.05, 0) is 46.9 Å². The molecule has 2 N–H and O–H groups in total. The minimum Gasteiger partial charge on any atom is -0.354 e. The van der Waals surface area contributed by atoms with Crippen LogP contribution in [0.15, 0.2) is 59.7 Å². The molecule has 0 aliphatic carbocycles. The van der Waals surface area contributed by atoms with Gasteiger partial charge in [0.1, 0.15) is 11.2 Å². The van der Waals surface area contributed by atoms with Crippen molar-refractivity contribution in [2.75, 3.05) is 20.1 Å². The first-order valence-corrected chi connectivity index (χ1v) is 10.9. The van der Waals surface area contributed by atoms with Crippen molar-refractivity contribution in [3.8, 4) is 0 Å². The SMILES string of the molecule is CNC(=O)c1ccc(C2=CCN(Cc3ccc4c(c3)[nH]c(=O)c3c(F)ccn34)C[C@@H]2C)cn1. The molecule has 0 saturated heterocycles. The number of hydrogen-bond acceptors (Lipinski definition) is 4. The Balaban J connectivity index is 1.35. The van der Waals surface area contributed by atoms with Crippen LogP contribution in [-0.4, -0.2) is 45.3 Å². The zero-order valence-electron chi connectivity index (χ0n) is 18.4. The van der Waals surface area contributed by atoms with Crippen molar-refractivity contribution in [2.45, 2.75) is 13.5 Å². The predicted molar refractivity (Wildman–Crippen MR) is 126 cm³/mol. The first-order valence-electron chi connectivity index (χ1n) is 10.9. The number of carbonyl (C=O) groups is 1. The van der Waals surface area contributed by atoms with E-state index in [9.17, 15) is 14.0 Å². The lowest BCUT2D eigenvalue weighted by molar-refractivity contribution is 0.0958. The van der Waals surface area contributed by atoms with E-state index in [0.717, 1.165) is 36.3 Å². The molecule has 0 fully saturated rings. The third-order valence-corrected chi connectivity index (χ3v) is 6.22. The summed E-state index contributed by atoms with van der Waals surface area (Å²) in [4.78, 5) is 33.5. The number of carbonyl (C=O) groups excluding carboxylic acids is 1. The Bertz CT molecular complexity index is 1450. The maximum Gasteiger partial charge on any atom is 0.275 e. The van der Waals surface area contributed by atoms with Crippen molar-refractivity contribution < 1.29 is 9.18 Å². The predicted octanol–water partition coefficient (Wildman–Crippen LogP) is 3.21. The molecule has 168 valence electrons. The van der Waals surface area contributed by atoms with Crippen molar-refractivity contribution >= 4 is 28.0 Å². The molecule has 0 spiro atoms. The largest absolute Gasteiger partial charge is 0.354 e. The fourth-order valence-electron chi connectivity index (χ4n) is 4.61. The minimum absolute atomic E-state index is 0.0376. The number of rotatable bonds is 4. The molecule has 4 aromatic rings. The lowest BCUT2D eigenvalue weighted by atomic mass is 9.91. The molecular formula is C25H24FN5O2. The second-order valence-electron chi connectivity index (χ2n) is 8.45. The van der Waals surface area contributed by atoms with Gasteiger partial charge in [0.05, 0.1) is 11.0 Å². The van der Waals surface area contributed by atoms with Crippen molar-refractivity contribution in [3.63, 3.8) is 0 Å². The number of amides is 1. The number of benzene rings is 1. The van der Waals surface area contributed by atoms with Crippen LogP contribution < -0.4 is 10.9 Å². The first kappa shape index (κ1) is 21.1. The number of fused-ring (bicyclic) bond motifs is 3. The van der Waals surface area contributed by atoms with Gasteiger partial charge in [0.15, 0.2) is 5.82 Å². The van der Waals surface area contributed by atoms with E-state index >= 15 is 0 Å². The number of aromatic amines is 1. The standard InChI is InChI=1S/C25H24FN5O2/c1-15-13-30(9-7-18(15)17-4-5-20(28-12-17)24(32)27-2)14-16-3-6-22-21(11-16)29-25(33)23-19(26)8-10-31(22)23/h3-8,10-12,15H,9,13-14H2,1-2H3,(H,27,32)(H,29,33)/t15-/m0/s1. The van der Waals surface area contributed by atoms with Crippen LogP contribution in [0.25, 0.3) is 22.1 Å². The molecule has 4 heterocycles. The molecule has 1 aliphatic rings. The van der Waals surface area contributed by atoms with Crippen LogP contribution in [0.2, 0.25) is 0 Å². The average Bonchev–Trinajstić information content (AvgIpc) is 3.21. The average molecular weight is 445 g/mol. The molecule has 8 heteroatoms. The van der Waals surface area contributed by atoms with Crippen LogP contribution in [0, 0.1) is 11.7 Å². The molecular weight excluding hydrogens is 421 g/mol. The summed E-state index contributed by atoms with van der Waals surface area (Å²) in [5.74, 6) is -0.419. The van der Waals surface area contributed by atoms with Crippen LogP contribution in [0.5, 0.6) is 0 Å². The Hall–Kier alpha value is -3.78. The summed E-state index contributed by atoms with van der Waals surface area (Å²) in [6.45, 7) is 4.57. The van der Waals surface area contributed by atoms with Crippen LogP contribution >= 0.6 is 0 Å². The van der Waals surface area contributed by atoms with Crippen molar-refractivity contribution in [1.82, 2.24) is 24.6 Å². The minimum atomic E-state index is -0.523. The first-order chi connectivity index (χ1) is 15.9. The van der Waals surface area contributed by atoms with Gasteiger partial charge in [0, 0.05) is 39.1 Å². The van der Waals surface area contributed by atoms with Gasteiger partial charge in [-0.25, -0.2) is 4.39 Å². The van der Waals surface area contributed by atoms with E-state index in [4.69, 9.17) is 0 Å². The Kier molecular flexibility index (Phi) is 5.30. The van der Waals surface area contributed by atoms with E-state index < -0.39 is 11.4 Å². The number of aromatic nitrogens is 3. The zero-order valence-corrected chi connectivity index (χ0v) is 18.4. The monoisotopic (exact) mass is 445 g/mol. The summed E-state index contributed by atoms with van der Waals surface area (Å²) >= 11 is 0. The summed E-state index contributed by atoms with van der Waals surface area (Å²) in [5.41, 5.74) is 4.78. The van der Waals surface area contributed by atoms with Gasteiger partial charge in [-0.3, -0.25) is 19.5 Å². The van der Waals surface area contributed by atoms with Crippen molar-refractivity contribution in [2.24, 2.45) is 5.92 Å².